The van der Waals surface area contributed by atoms with Crippen molar-refractivity contribution in [2.45, 2.75) is 51.3 Å². The zero-order valence-electron chi connectivity index (χ0n) is 25.0. The smallest absolute Gasteiger partial charge is 0.407 e. The molecule has 0 aliphatic carbocycles. The van der Waals surface area contributed by atoms with E-state index in [0.29, 0.717) is 57.8 Å². The number of hydrogen-bond donors (Lipinski definition) is 2. The lowest BCUT2D eigenvalue weighted by Crippen LogP contribution is -2.45. The standard InChI is InChI=1S/C33H31Cl2N5O6/c1-3-25-29(23-15-12-21(34)17-24(23)35)36-26(4-2)31(37-25)38-30-27(16-19-8-6-5-7-9-19)39(33(42)43)18-28(30)46-32(41)20-10-13-22(14-11-20)40(44)45/h5-15,17,27-28,30H,3-4,16,18H2,1-2H3,(H,37,38)(H,42,43). The Kier molecular flexibility index (Phi) is 10.0. The topological polar surface area (TPSA) is 148 Å². The molecule has 3 atom stereocenters. The first-order valence-corrected chi connectivity index (χ1v) is 15.5. The highest BCUT2D eigenvalue weighted by atomic mass is 35.5. The van der Waals surface area contributed by atoms with Crippen molar-refractivity contribution in [1.82, 2.24) is 14.9 Å². The highest BCUT2D eigenvalue weighted by Gasteiger charge is 2.47. The molecule has 0 saturated carbocycles. The molecule has 46 heavy (non-hydrogen) atoms. The zero-order valence-corrected chi connectivity index (χ0v) is 26.5. The number of hydrogen-bond acceptors (Lipinski definition) is 8. The van der Waals surface area contributed by atoms with Crippen LogP contribution in [0.25, 0.3) is 11.3 Å². The van der Waals surface area contributed by atoms with Gasteiger partial charge in [0, 0.05) is 22.7 Å². The lowest BCUT2D eigenvalue weighted by molar-refractivity contribution is -0.384. The number of nitrogens with one attached hydrogen (secondary N) is 1. The van der Waals surface area contributed by atoms with E-state index in [0.717, 1.165) is 5.56 Å². The van der Waals surface area contributed by atoms with Crippen LogP contribution >= 0.6 is 23.2 Å². The van der Waals surface area contributed by atoms with E-state index in [4.69, 9.17) is 37.9 Å². The first kappa shape index (κ1) is 32.6. The van der Waals surface area contributed by atoms with Crippen LogP contribution in [-0.4, -0.2) is 61.7 Å². The Morgan fingerprint density at radius 1 is 1.02 bits per heavy atom. The first-order valence-electron chi connectivity index (χ1n) is 14.7. The number of carbonyl (C=O) groups is 2. The molecule has 1 aliphatic rings. The van der Waals surface area contributed by atoms with Crippen LogP contribution < -0.4 is 5.32 Å². The maximum absolute atomic E-state index is 13.3. The molecule has 2 heterocycles. The number of nitro groups is 1. The van der Waals surface area contributed by atoms with E-state index >= 15 is 0 Å². The van der Waals surface area contributed by atoms with Gasteiger partial charge >= 0.3 is 12.1 Å². The summed E-state index contributed by atoms with van der Waals surface area (Å²) in [6, 6.07) is 18.3. The van der Waals surface area contributed by atoms with Gasteiger partial charge in [0.1, 0.15) is 11.9 Å². The number of esters is 1. The van der Waals surface area contributed by atoms with Crippen LogP contribution in [0.15, 0.2) is 72.8 Å². The van der Waals surface area contributed by atoms with Crippen molar-refractivity contribution < 1.29 is 24.4 Å². The molecule has 11 nitrogen and oxygen atoms in total. The number of nitrogens with zero attached hydrogens (tertiary/aromatic N) is 4. The number of aromatic nitrogens is 2. The molecule has 1 aliphatic heterocycles. The van der Waals surface area contributed by atoms with Gasteiger partial charge in [-0.2, -0.15) is 0 Å². The van der Waals surface area contributed by atoms with Crippen LogP contribution in [0.4, 0.5) is 16.3 Å². The average Bonchev–Trinajstić information content (AvgIpc) is 3.37. The Morgan fingerprint density at radius 3 is 2.33 bits per heavy atom. The van der Waals surface area contributed by atoms with Crippen molar-refractivity contribution in [3.63, 3.8) is 0 Å². The number of non-ortho nitro benzene ring substituents is 1. The van der Waals surface area contributed by atoms with Crippen LogP contribution in [0.5, 0.6) is 0 Å². The number of anilines is 1. The molecule has 13 heteroatoms. The average molecular weight is 665 g/mol. The fourth-order valence-corrected chi connectivity index (χ4v) is 6.09. The number of ether oxygens (including phenoxy) is 1. The molecule has 0 spiro atoms. The first-order chi connectivity index (χ1) is 22.1. The molecule has 1 fully saturated rings. The van der Waals surface area contributed by atoms with Crippen molar-refractivity contribution in [3.05, 3.63) is 115 Å². The third-order valence-corrected chi connectivity index (χ3v) is 8.45. The molecule has 3 aromatic carbocycles. The maximum atomic E-state index is 13.3. The third kappa shape index (κ3) is 7.05. The largest absolute Gasteiger partial charge is 0.465 e. The van der Waals surface area contributed by atoms with E-state index in [1.807, 2.05) is 44.2 Å². The van der Waals surface area contributed by atoms with Crippen LogP contribution in [0.3, 0.4) is 0 Å². The minimum atomic E-state index is -1.16. The number of carbonyl (C=O) groups excluding carboxylic acids is 1. The van der Waals surface area contributed by atoms with Gasteiger partial charge in [0.05, 0.1) is 51.2 Å². The van der Waals surface area contributed by atoms with Gasteiger partial charge in [-0.25, -0.2) is 19.6 Å². The van der Waals surface area contributed by atoms with E-state index in [2.05, 4.69) is 5.32 Å². The van der Waals surface area contributed by atoms with Crippen molar-refractivity contribution in [1.29, 1.82) is 0 Å². The molecule has 2 N–H and O–H groups in total. The summed E-state index contributed by atoms with van der Waals surface area (Å²) in [5, 5.41) is 25.7. The summed E-state index contributed by atoms with van der Waals surface area (Å²) in [6.07, 6.45) is -0.731. The van der Waals surface area contributed by atoms with Crippen LogP contribution in [0.2, 0.25) is 10.0 Å². The van der Waals surface area contributed by atoms with Gasteiger partial charge < -0.3 is 15.2 Å². The Balaban J connectivity index is 1.54. The Hall–Kier alpha value is -4.74. The monoisotopic (exact) mass is 663 g/mol. The van der Waals surface area contributed by atoms with E-state index in [9.17, 15) is 24.8 Å². The summed E-state index contributed by atoms with van der Waals surface area (Å²) in [5.74, 6) is -0.291. The second-order valence-corrected chi connectivity index (χ2v) is 11.6. The highest BCUT2D eigenvalue weighted by Crippen LogP contribution is 2.34. The van der Waals surface area contributed by atoms with E-state index < -0.39 is 35.2 Å². The van der Waals surface area contributed by atoms with Gasteiger partial charge in [0.25, 0.3) is 5.69 Å². The number of rotatable bonds is 10. The SMILES string of the molecule is CCc1nc(-c2ccc(Cl)cc2Cl)c(CC)nc1NC1C(OC(=O)c2ccc([N+](=O)[O-])cc2)CN(C(=O)O)C1Cc1ccccc1. The number of halogens is 2. The molecule has 238 valence electrons. The van der Waals surface area contributed by atoms with Gasteiger partial charge in [-0.15, -0.1) is 0 Å². The Labute approximate surface area is 275 Å². The fourth-order valence-electron chi connectivity index (χ4n) is 5.59. The van der Waals surface area contributed by atoms with E-state index in [-0.39, 0.29) is 17.8 Å². The minimum absolute atomic E-state index is 0.1000. The van der Waals surface area contributed by atoms with Crippen molar-refractivity contribution in [2.75, 3.05) is 11.9 Å². The minimum Gasteiger partial charge on any atom is -0.465 e. The predicted molar refractivity (Wildman–Crippen MR) is 175 cm³/mol. The van der Waals surface area contributed by atoms with Crippen molar-refractivity contribution in [3.8, 4) is 11.3 Å². The lowest BCUT2D eigenvalue weighted by atomic mass is 9.98. The molecule has 0 radical (unpaired) electrons. The summed E-state index contributed by atoms with van der Waals surface area (Å²) in [5.41, 5.74) is 3.42. The molecule has 1 amide bonds. The van der Waals surface area contributed by atoms with Gasteiger partial charge in [-0.1, -0.05) is 67.4 Å². The molecule has 0 bridgehead atoms. The quantitative estimate of drug-likeness (QED) is 0.103. The molecule has 5 rings (SSSR count). The molecule has 3 unspecified atom stereocenters. The van der Waals surface area contributed by atoms with Crippen molar-refractivity contribution in [2.24, 2.45) is 0 Å². The van der Waals surface area contributed by atoms with E-state index in [1.54, 1.807) is 18.2 Å². The summed E-state index contributed by atoms with van der Waals surface area (Å²) < 4.78 is 5.93. The van der Waals surface area contributed by atoms with Gasteiger partial charge in [-0.3, -0.25) is 15.0 Å². The number of benzene rings is 3. The van der Waals surface area contributed by atoms with Crippen molar-refractivity contribution >= 4 is 46.8 Å². The van der Waals surface area contributed by atoms with Gasteiger partial charge in [0.15, 0.2) is 0 Å². The molecule has 1 aromatic heterocycles. The zero-order chi connectivity index (χ0) is 33.0. The van der Waals surface area contributed by atoms with Gasteiger partial charge in [-0.05, 0) is 55.2 Å². The number of nitro benzene ring substituents is 1. The molecule has 1 saturated heterocycles. The second kappa shape index (κ2) is 14.1. The van der Waals surface area contributed by atoms with Crippen LogP contribution in [0.1, 0.15) is 41.2 Å². The normalized spacial score (nSPS) is 17.5. The van der Waals surface area contributed by atoms with E-state index in [1.165, 1.54) is 29.2 Å². The molecular weight excluding hydrogens is 633 g/mol. The molecular formula is C33H31Cl2N5O6. The summed E-state index contributed by atoms with van der Waals surface area (Å²) in [6.45, 7) is 3.78. The maximum Gasteiger partial charge on any atom is 0.407 e. The summed E-state index contributed by atoms with van der Waals surface area (Å²) in [4.78, 5) is 47.5. The van der Waals surface area contributed by atoms with Crippen LogP contribution in [-0.2, 0) is 24.0 Å². The van der Waals surface area contributed by atoms with Gasteiger partial charge in [0.2, 0.25) is 0 Å². The number of likely N-dealkylation sites (tertiary alicyclic amines) is 1. The van der Waals surface area contributed by atoms with Crippen LogP contribution in [0, 0.1) is 10.1 Å². The second-order valence-electron chi connectivity index (χ2n) is 10.8. The fraction of sp³-hybridized carbons (Fsp3) is 0.273. The Morgan fingerprint density at radius 2 is 1.72 bits per heavy atom. The highest BCUT2D eigenvalue weighted by molar-refractivity contribution is 6.36. The Bertz CT molecular complexity index is 1760. The molecule has 4 aromatic rings. The number of amides is 1. The summed E-state index contributed by atoms with van der Waals surface area (Å²) >= 11 is 12.7. The third-order valence-electron chi connectivity index (χ3n) is 7.90. The summed E-state index contributed by atoms with van der Waals surface area (Å²) in [7, 11) is 0. The number of carboxylic acid groups (broad SMARTS) is 1. The lowest BCUT2D eigenvalue weighted by Gasteiger charge is -2.29. The number of aryl methyl sites for hydroxylation is 2. The predicted octanol–water partition coefficient (Wildman–Crippen LogP) is 7.09.